The van der Waals surface area contributed by atoms with Crippen molar-refractivity contribution in [2.75, 3.05) is 5.32 Å². The average molecular weight is 376 g/mol. The molecule has 0 aliphatic rings. The van der Waals surface area contributed by atoms with E-state index < -0.39 is 0 Å². The quantitative estimate of drug-likeness (QED) is 0.487. The Morgan fingerprint density at radius 3 is 2.15 bits per heavy atom. The monoisotopic (exact) mass is 376 g/mol. The summed E-state index contributed by atoms with van der Waals surface area (Å²) < 4.78 is 13.3. The number of benzene rings is 3. The molecule has 2 N–H and O–H groups in total. The maximum absolute atomic E-state index is 13.3. The minimum atomic E-state index is -0.284. The summed E-state index contributed by atoms with van der Waals surface area (Å²) >= 11 is 1.19. The largest absolute Gasteiger partial charge is 0.373 e. The van der Waals surface area contributed by atoms with Gasteiger partial charge in [0.15, 0.2) is 0 Å². The van der Waals surface area contributed by atoms with Crippen molar-refractivity contribution >= 4 is 17.0 Å². The lowest BCUT2D eigenvalue weighted by atomic mass is 10.0. The second-order valence-electron chi connectivity index (χ2n) is 6.11. The van der Waals surface area contributed by atoms with Crippen molar-refractivity contribution in [2.24, 2.45) is 0 Å². The lowest BCUT2D eigenvalue weighted by molar-refractivity contribution is 0.628. The highest BCUT2D eigenvalue weighted by molar-refractivity contribution is 7.09. The van der Waals surface area contributed by atoms with E-state index in [0.29, 0.717) is 0 Å². The van der Waals surface area contributed by atoms with E-state index in [9.17, 15) is 9.18 Å². The Bertz CT molecular complexity index is 1070. The van der Waals surface area contributed by atoms with Crippen LogP contribution in [-0.2, 0) is 0 Å². The van der Waals surface area contributed by atoms with Crippen LogP contribution in [0.4, 0.5) is 10.1 Å². The molecule has 134 valence electrons. The molecule has 0 aliphatic heterocycles. The Kier molecular flexibility index (Phi) is 4.85. The smallest absolute Gasteiger partial charge is 0.305 e. The van der Waals surface area contributed by atoms with Gasteiger partial charge in [0, 0.05) is 5.69 Å². The number of halogens is 1. The van der Waals surface area contributed by atoms with Gasteiger partial charge in [-0.15, -0.1) is 0 Å². The van der Waals surface area contributed by atoms with Crippen molar-refractivity contribution in [2.45, 2.75) is 6.04 Å². The summed E-state index contributed by atoms with van der Waals surface area (Å²) in [5.74, 6) is -0.284. The number of nitrogens with one attached hydrogen (secondary N) is 2. The van der Waals surface area contributed by atoms with Gasteiger partial charge in [0.25, 0.3) is 0 Å². The fourth-order valence-corrected chi connectivity index (χ4v) is 3.96. The zero-order valence-corrected chi connectivity index (χ0v) is 15.2. The molecular weight excluding hydrogens is 359 g/mol. The van der Waals surface area contributed by atoms with Crippen molar-refractivity contribution in [3.63, 3.8) is 0 Å². The number of thiazole rings is 1. The van der Waals surface area contributed by atoms with Crippen molar-refractivity contribution in [1.82, 2.24) is 4.98 Å². The molecule has 4 aromatic rings. The first-order valence-corrected chi connectivity index (χ1v) is 9.38. The molecule has 5 heteroatoms. The van der Waals surface area contributed by atoms with Gasteiger partial charge >= 0.3 is 4.87 Å². The molecule has 1 atom stereocenters. The summed E-state index contributed by atoms with van der Waals surface area (Å²) in [6, 6.07) is 25.7. The zero-order chi connectivity index (χ0) is 18.6. The molecule has 0 fully saturated rings. The van der Waals surface area contributed by atoms with Gasteiger partial charge in [-0.05, 0) is 35.4 Å². The third-order valence-corrected chi connectivity index (χ3v) is 5.24. The Balaban J connectivity index is 1.82. The molecule has 0 saturated carbocycles. The van der Waals surface area contributed by atoms with E-state index in [1.807, 2.05) is 60.7 Å². The van der Waals surface area contributed by atoms with E-state index in [-0.39, 0.29) is 16.7 Å². The van der Waals surface area contributed by atoms with Crippen LogP contribution in [0, 0.1) is 5.82 Å². The normalized spacial score (nSPS) is 11.9. The van der Waals surface area contributed by atoms with E-state index in [0.717, 1.165) is 27.4 Å². The van der Waals surface area contributed by atoms with Crippen LogP contribution in [0.15, 0.2) is 89.7 Å². The number of H-pyrrole nitrogens is 1. The SMILES string of the molecule is O=c1[nH]c(-c2ccccc2)c([C@@H](Nc2ccc(F)cc2)c2ccccc2)s1. The van der Waals surface area contributed by atoms with Crippen molar-refractivity contribution in [3.8, 4) is 11.3 Å². The number of hydrogen-bond donors (Lipinski definition) is 2. The molecule has 0 spiro atoms. The third kappa shape index (κ3) is 3.83. The van der Waals surface area contributed by atoms with E-state index >= 15 is 0 Å². The van der Waals surface area contributed by atoms with Crippen LogP contribution in [-0.4, -0.2) is 4.98 Å². The molecule has 1 heterocycles. The average Bonchev–Trinajstić information content (AvgIpc) is 3.10. The Morgan fingerprint density at radius 2 is 1.48 bits per heavy atom. The fraction of sp³-hybridized carbons (Fsp3) is 0.0455. The van der Waals surface area contributed by atoms with Crippen molar-refractivity contribution in [1.29, 1.82) is 0 Å². The molecule has 3 aromatic carbocycles. The number of aromatic nitrogens is 1. The Labute approximate surface area is 160 Å². The predicted molar refractivity (Wildman–Crippen MR) is 109 cm³/mol. The first-order chi connectivity index (χ1) is 13.2. The lowest BCUT2D eigenvalue weighted by Crippen LogP contribution is -2.12. The number of aromatic amines is 1. The molecule has 0 amide bonds. The summed E-state index contributed by atoms with van der Waals surface area (Å²) in [5, 5.41) is 3.45. The molecule has 4 rings (SSSR count). The Hall–Kier alpha value is -3.18. The number of rotatable bonds is 5. The van der Waals surface area contributed by atoms with Crippen molar-refractivity contribution in [3.05, 3.63) is 111 Å². The summed E-state index contributed by atoms with van der Waals surface area (Å²) in [6.07, 6.45) is 0. The maximum atomic E-state index is 13.3. The highest BCUT2D eigenvalue weighted by Crippen LogP contribution is 2.34. The van der Waals surface area contributed by atoms with Crippen LogP contribution in [0.1, 0.15) is 16.5 Å². The summed E-state index contributed by atoms with van der Waals surface area (Å²) in [4.78, 5) is 16.0. The van der Waals surface area contributed by atoms with E-state index in [1.54, 1.807) is 12.1 Å². The zero-order valence-electron chi connectivity index (χ0n) is 14.4. The minimum absolute atomic E-state index is 0.106. The summed E-state index contributed by atoms with van der Waals surface area (Å²) in [6.45, 7) is 0. The third-order valence-electron chi connectivity index (χ3n) is 4.29. The van der Waals surface area contributed by atoms with Crippen LogP contribution in [0.2, 0.25) is 0 Å². The first-order valence-electron chi connectivity index (χ1n) is 8.56. The highest BCUT2D eigenvalue weighted by Gasteiger charge is 2.22. The van der Waals surface area contributed by atoms with Gasteiger partial charge in [-0.2, -0.15) is 0 Å². The predicted octanol–water partition coefficient (Wildman–Crippen LogP) is 5.44. The fourth-order valence-electron chi connectivity index (χ4n) is 3.02. The highest BCUT2D eigenvalue weighted by atomic mass is 32.1. The molecule has 0 bridgehead atoms. The Morgan fingerprint density at radius 1 is 0.852 bits per heavy atom. The van der Waals surface area contributed by atoms with Crippen molar-refractivity contribution < 1.29 is 4.39 Å². The lowest BCUT2D eigenvalue weighted by Gasteiger charge is -2.20. The summed E-state index contributed by atoms with van der Waals surface area (Å²) in [5.41, 5.74) is 3.56. The van der Waals surface area contributed by atoms with Gasteiger partial charge in [0.05, 0.1) is 16.6 Å². The standard InChI is InChI=1S/C22H17FN2OS/c23-17-11-13-18(14-12-17)24-19(15-7-3-1-4-8-15)21-20(25-22(26)27-21)16-9-5-2-6-10-16/h1-14,19,24H,(H,25,26)/t19-/m0/s1. The minimum Gasteiger partial charge on any atom is -0.373 e. The molecule has 0 aliphatic carbocycles. The molecule has 0 radical (unpaired) electrons. The van der Waals surface area contributed by atoms with E-state index in [1.165, 1.54) is 23.5 Å². The van der Waals surface area contributed by atoms with Crippen LogP contribution < -0.4 is 10.2 Å². The second kappa shape index (κ2) is 7.60. The van der Waals surface area contributed by atoms with Crippen LogP contribution in [0.3, 0.4) is 0 Å². The van der Waals surface area contributed by atoms with Gasteiger partial charge in [-0.1, -0.05) is 72.0 Å². The molecule has 27 heavy (non-hydrogen) atoms. The van der Waals surface area contributed by atoms with Crippen LogP contribution in [0.25, 0.3) is 11.3 Å². The van der Waals surface area contributed by atoms with Gasteiger partial charge in [-0.25, -0.2) is 4.39 Å². The molecule has 3 nitrogen and oxygen atoms in total. The first kappa shape index (κ1) is 17.2. The van der Waals surface area contributed by atoms with E-state index in [4.69, 9.17) is 0 Å². The summed E-state index contributed by atoms with van der Waals surface area (Å²) in [7, 11) is 0. The van der Waals surface area contributed by atoms with Gasteiger partial charge in [0.2, 0.25) is 0 Å². The maximum Gasteiger partial charge on any atom is 0.305 e. The van der Waals surface area contributed by atoms with Gasteiger partial charge < -0.3 is 10.3 Å². The second-order valence-corrected chi connectivity index (χ2v) is 7.13. The molecule has 0 saturated heterocycles. The van der Waals surface area contributed by atoms with Crippen LogP contribution >= 0.6 is 11.3 Å². The van der Waals surface area contributed by atoms with Gasteiger partial charge in [-0.3, -0.25) is 4.79 Å². The van der Waals surface area contributed by atoms with Crippen LogP contribution in [0.5, 0.6) is 0 Å². The van der Waals surface area contributed by atoms with E-state index in [2.05, 4.69) is 10.3 Å². The number of hydrogen-bond acceptors (Lipinski definition) is 3. The molecular formula is C22H17FN2OS. The molecule has 1 aromatic heterocycles. The van der Waals surface area contributed by atoms with Gasteiger partial charge in [0.1, 0.15) is 5.82 Å². The molecule has 0 unspecified atom stereocenters. The number of anilines is 1. The topological polar surface area (TPSA) is 44.9 Å².